The molecule has 0 aliphatic heterocycles. The highest BCUT2D eigenvalue weighted by molar-refractivity contribution is 7.98. The molecule has 102 valence electrons. The molecule has 0 heterocycles. The van der Waals surface area contributed by atoms with Gasteiger partial charge in [0.15, 0.2) is 0 Å². The van der Waals surface area contributed by atoms with Crippen LogP contribution >= 0.6 is 11.8 Å². The summed E-state index contributed by atoms with van der Waals surface area (Å²) in [5.41, 5.74) is 2.56. The zero-order valence-corrected chi connectivity index (χ0v) is 12.3. The van der Waals surface area contributed by atoms with Crippen molar-refractivity contribution in [3.63, 3.8) is 0 Å². The van der Waals surface area contributed by atoms with Gasteiger partial charge in [-0.25, -0.2) is 0 Å². The molecule has 1 aromatic rings. The lowest BCUT2D eigenvalue weighted by Crippen LogP contribution is -2.11. The minimum absolute atomic E-state index is 0.796. The highest BCUT2D eigenvalue weighted by Crippen LogP contribution is 2.24. The second-order valence-corrected chi connectivity index (χ2v) is 5.08. The van der Waals surface area contributed by atoms with Gasteiger partial charge >= 0.3 is 0 Å². The second-order valence-electron chi connectivity index (χ2n) is 3.97. The van der Waals surface area contributed by atoms with Gasteiger partial charge in [0.25, 0.3) is 0 Å². The van der Waals surface area contributed by atoms with E-state index >= 15 is 0 Å². The third-order valence-corrected chi connectivity index (χ3v) is 3.58. The molecule has 0 aliphatic carbocycles. The number of ether oxygens (including phenoxy) is 2. The van der Waals surface area contributed by atoms with Crippen molar-refractivity contribution in [2.24, 2.45) is 0 Å². The number of methoxy groups -OCH3 is 2. The molecule has 3 nitrogen and oxygen atoms in total. The predicted octanol–water partition coefficient (Wildman–Crippen LogP) is 2.68. The summed E-state index contributed by atoms with van der Waals surface area (Å²) in [7, 11) is 3.46. The lowest BCUT2D eigenvalue weighted by molar-refractivity contribution is 0.218. The summed E-state index contributed by atoms with van der Waals surface area (Å²) >= 11 is 1.87. The summed E-state index contributed by atoms with van der Waals surface area (Å²) in [5, 5.41) is 3.34. The van der Waals surface area contributed by atoms with Crippen LogP contribution in [0.4, 0.5) is 0 Å². The van der Waals surface area contributed by atoms with Crippen molar-refractivity contribution in [3.05, 3.63) is 29.3 Å². The van der Waals surface area contributed by atoms with Crippen molar-refractivity contribution in [2.45, 2.75) is 19.2 Å². The van der Waals surface area contributed by atoms with Crippen molar-refractivity contribution >= 4 is 11.8 Å². The average molecular weight is 269 g/mol. The molecule has 0 amide bonds. The van der Waals surface area contributed by atoms with Crippen LogP contribution in [0.1, 0.15) is 18.1 Å². The van der Waals surface area contributed by atoms with E-state index in [0.717, 1.165) is 37.0 Å². The van der Waals surface area contributed by atoms with Crippen LogP contribution in [0.5, 0.6) is 5.75 Å². The largest absolute Gasteiger partial charge is 0.496 e. The number of hydrogen-bond donors (Lipinski definition) is 1. The van der Waals surface area contributed by atoms with Gasteiger partial charge in [-0.2, -0.15) is 11.8 Å². The first kappa shape index (κ1) is 15.3. The first-order chi connectivity index (χ1) is 8.81. The Morgan fingerprint density at radius 1 is 1.28 bits per heavy atom. The Labute approximate surface area is 114 Å². The number of thioether (sulfide) groups is 1. The topological polar surface area (TPSA) is 30.5 Å². The number of benzene rings is 1. The first-order valence-corrected chi connectivity index (χ1v) is 7.40. The summed E-state index contributed by atoms with van der Waals surface area (Å²) in [5.74, 6) is 2.95. The van der Waals surface area contributed by atoms with Gasteiger partial charge in [-0.1, -0.05) is 13.0 Å². The van der Waals surface area contributed by atoms with E-state index < -0.39 is 0 Å². The molecule has 1 rings (SSSR count). The molecule has 0 fully saturated rings. The van der Waals surface area contributed by atoms with Gasteiger partial charge < -0.3 is 14.8 Å². The van der Waals surface area contributed by atoms with Gasteiger partial charge in [0.2, 0.25) is 0 Å². The van der Waals surface area contributed by atoms with E-state index in [0.29, 0.717) is 0 Å². The Kier molecular flexibility index (Phi) is 7.89. The summed E-state index contributed by atoms with van der Waals surface area (Å²) in [6, 6.07) is 6.39. The predicted molar refractivity (Wildman–Crippen MR) is 78.4 cm³/mol. The SMILES string of the molecule is CCNCc1ccc(OC)c(CSCCOC)c1. The van der Waals surface area contributed by atoms with Crippen molar-refractivity contribution < 1.29 is 9.47 Å². The van der Waals surface area contributed by atoms with E-state index in [9.17, 15) is 0 Å². The van der Waals surface area contributed by atoms with Crippen LogP contribution in [0, 0.1) is 0 Å². The molecule has 18 heavy (non-hydrogen) atoms. The van der Waals surface area contributed by atoms with Crippen LogP contribution < -0.4 is 10.1 Å². The van der Waals surface area contributed by atoms with E-state index in [4.69, 9.17) is 9.47 Å². The minimum atomic E-state index is 0.796. The third-order valence-electron chi connectivity index (χ3n) is 2.61. The van der Waals surface area contributed by atoms with Crippen molar-refractivity contribution in [1.82, 2.24) is 5.32 Å². The molecule has 0 radical (unpaired) electrons. The fourth-order valence-corrected chi connectivity index (χ4v) is 2.52. The smallest absolute Gasteiger partial charge is 0.122 e. The second kappa shape index (κ2) is 9.25. The van der Waals surface area contributed by atoms with E-state index in [1.165, 1.54) is 11.1 Å². The Hall–Kier alpha value is -0.710. The molecule has 0 aliphatic rings. The van der Waals surface area contributed by atoms with E-state index in [-0.39, 0.29) is 0 Å². The molecule has 0 bridgehead atoms. The van der Waals surface area contributed by atoms with Crippen LogP contribution in [-0.2, 0) is 17.0 Å². The van der Waals surface area contributed by atoms with Crippen molar-refractivity contribution in [1.29, 1.82) is 0 Å². The maximum absolute atomic E-state index is 5.40. The summed E-state index contributed by atoms with van der Waals surface area (Å²) in [4.78, 5) is 0. The Morgan fingerprint density at radius 3 is 2.78 bits per heavy atom. The Bertz CT molecular complexity index is 345. The molecule has 4 heteroatoms. The van der Waals surface area contributed by atoms with Crippen LogP contribution in [-0.4, -0.2) is 33.1 Å². The summed E-state index contributed by atoms with van der Waals surface area (Å²) in [6.45, 7) is 4.81. The first-order valence-electron chi connectivity index (χ1n) is 6.25. The van der Waals surface area contributed by atoms with Gasteiger partial charge in [-0.3, -0.25) is 0 Å². The lowest BCUT2D eigenvalue weighted by Gasteiger charge is -2.11. The van der Waals surface area contributed by atoms with Gasteiger partial charge in [-0.05, 0) is 24.2 Å². The lowest BCUT2D eigenvalue weighted by atomic mass is 10.1. The highest BCUT2D eigenvalue weighted by Gasteiger charge is 2.04. The number of nitrogens with one attached hydrogen (secondary N) is 1. The zero-order chi connectivity index (χ0) is 13.2. The fourth-order valence-electron chi connectivity index (χ4n) is 1.65. The monoisotopic (exact) mass is 269 g/mol. The number of hydrogen-bond acceptors (Lipinski definition) is 4. The average Bonchev–Trinajstić information content (AvgIpc) is 2.41. The van der Waals surface area contributed by atoms with E-state index in [1.807, 2.05) is 11.8 Å². The van der Waals surface area contributed by atoms with Gasteiger partial charge in [0.1, 0.15) is 5.75 Å². The van der Waals surface area contributed by atoms with E-state index in [2.05, 4.69) is 30.4 Å². The van der Waals surface area contributed by atoms with Crippen molar-refractivity contribution in [2.75, 3.05) is 33.1 Å². The van der Waals surface area contributed by atoms with Gasteiger partial charge in [-0.15, -0.1) is 0 Å². The molecule has 1 N–H and O–H groups in total. The minimum Gasteiger partial charge on any atom is -0.496 e. The van der Waals surface area contributed by atoms with Gasteiger partial charge in [0.05, 0.1) is 13.7 Å². The summed E-state index contributed by atoms with van der Waals surface area (Å²) in [6.07, 6.45) is 0. The Morgan fingerprint density at radius 2 is 2.11 bits per heavy atom. The molecular weight excluding hydrogens is 246 g/mol. The molecule has 0 saturated carbocycles. The maximum Gasteiger partial charge on any atom is 0.122 e. The molecule has 0 saturated heterocycles. The zero-order valence-electron chi connectivity index (χ0n) is 11.5. The van der Waals surface area contributed by atoms with Crippen molar-refractivity contribution in [3.8, 4) is 5.75 Å². The number of rotatable bonds is 9. The van der Waals surface area contributed by atoms with Gasteiger partial charge in [0, 0.05) is 30.7 Å². The quantitative estimate of drug-likeness (QED) is 0.698. The van der Waals surface area contributed by atoms with Crippen LogP contribution in [0.15, 0.2) is 18.2 Å². The van der Waals surface area contributed by atoms with E-state index in [1.54, 1.807) is 14.2 Å². The highest BCUT2D eigenvalue weighted by atomic mass is 32.2. The molecule has 0 spiro atoms. The third kappa shape index (κ3) is 5.29. The summed E-state index contributed by atoms with van der Waals surface area (Å²) < 4.78 is 10.4. The Balaban J connectivity index is 2.60. The molecule has 0 unspecified atom stereocenters. The molecule has 1 aromatic carbocycles. The maximum atomic E-state index is 5.40. The van der Waals surface area contributed by atoms with Crippen LogP contribution in [0.3, 0.4) is 0 Å². The normalized spacial score (nSPS) is 10.6. The van der Waals surface area contributed by atoms with Crippen LogP contribution in [0.25, 0.3) is 0 Å². The molecule has 0 aromatic heterocycles. The fraction of sp³-hybridized carbons (Fsp3) is 0.571. The standard InChI is InChI=1S/C14H23NO2S/c1-4-15-10-12-5-6-14(17-3)13(9-12)11-18-8-7-16-2/h5-6,9,15H,4,7-8,10-11H2,1-3H3. The molecular formula is C14H23NO2S. The molecule has 0 atom stereocenters. The van der Waals surface area contributed by atoms with Crippen LogP contribution in [0.2, 0.25) is 0 Å².